The van der Waals surface area contributed by atoms with Crippen LogP contribution in [0.15, 0.2) is 36.5 Å². The second kappa shape index (κ2) is 7.54. The van der Waals surface area contributed by atoms with Gasteiger partial charge in [-0.2, -0.15) is 5.10 Å². The molecule has 0 saturated carbocycles. The standard InChI is InChI=1S/C21H24N6O2/c1-14-20(15(2)25(3)24-14)18-8-9-22-21(23-18)26-10-11-27(19(28)13-26)16-6-5-7-17(12-16)29-4/h5-9,12H,10-11,13H2,1-4H3. The van der Waals surface area contributed by atoms with Crippen molar-refractivity contribution in [3.63, 3.8) is 0 Å². The van der Waals surface area contributed by atoms with Crippen molar-refractivity contribution in [1.82, 2.24) is 19.7 Å². The summed E-state index contributed by atoms with van der Waals surface area (Å²) < 4.78 is 7.12. The molecular weight excluding hydrogens is 368 g/mol. The first kappa shape index (κ1) is 18.9. The fraction of sp³-hybridized carbons (Fsp3) is 0.333. The van der Waals surface area contributed by atoms with Gasteiger partial charge in [0.1, 0.15) is 12.3 Å². The zero-order valence-electron chi connectivity index (χ0n) is 17.1. The number of aromatic nitrogens is 4. The Balaban J connectivity index is 1.56. The molecule has 3 heterocycles. The molecule has 0 unspecified atom stereocenters. The molecule has 1 aliphatic rings. The van der Waals surface area contributed by atoms with Crippen LogP contribution < -0.4 is 14.5 Å². The molecule has 1 aliphatic heterocycles. The van der Waals surface area contributed by atoms with Crippen molar-refractivity contribution in [3.05, 3.63) is 47.9 Å². The van der Waals surface area contributed by atoms with Crippen LogP contribution in [0.25, 0.3) is 11.3 Å². The second-order valence-corrected chi connectivity index (χ2v) is 7.08. The predicted octanol–water partition coefficient (Wildman–Crippen LogP) is 2.36. The highest BCUT2D eigenvalue weighted by Crippen LogP contribution is 2.27. The van der Waals surface area contributed by atoms with E-state index < -0.39 is 0 Å². The highest BCUT2D eigenvalue weighted by Gasteiger charge is 2.27. The molecule has 8 nitrogen and oxygen atoms in total. The van der Waals surface area contributed by atoms with E-state index in [4.69, 9.17) is 9.72 Å². The van der Waals surface area contributed by atoms with Gasteiger partial charge in [0.05, 0.1) is 18.5 Å². The first-order chi connectivity index (χ1) is 14.0. The fourth-order valence-corrected chi connectivity index (χ4v) is 3.68. The summed E-state index contributed by atoms with van der Waals surface area (Å²) in [4.78, 5) is 25.7. The maximum atomic E-state index is 12.8. The number of hydrogen-bond acceptors (Lipinski definition) is 6. The monoisotopic (exact) mass is 392 g/mol. The summed E-state index contributed by atoms with van der Waals surface area (Å²) in [5.74, 6) is 1.30. The van der Waals surface area contributed by atoms with Crippen LogP contribution >= 0.6 is 0 Å². The molecule has 4 rings (SSSR count). The molecule has 3 aromatic rings. The van der Waals surface area contributed by atoms with Crippen molar-refractivity contribution in [2.24, 2.45) is 7.05 Å². The SMILES string of the molecule is COc1cccc(N2CCN(c3nccc(-c4c(C)nn(C)c4C)n3)CC2=O)c1. The van der Waals surface area contributed by atoms with Crippen LogP contribution in [0, 0.1) is 13.8 Å². The summed E-state index contributed by atoms with van der Waals surface area (Å²) in [5, 5.41) is 4.47. The fourth-order valence-electron chi connectivity index (χ4n) is 3.68. The molecule has 0 bridgehead atoms. The Labute approximate surface area is 169 Å². The summed E-state index contributed by atoms with van der Waals surface area (Å²) in [6, 6.07) is 9.43. The molecule has 1 fully saturated rings. The lowest BCUT2D eigenvalue weighted by Gasteiger charge is -2.34. The number of carbonyl (C=O) groups is 1. The van der Waals surface area contributed by atoms with Crippen LogP contribution in [0.2, 0.25) is 0 Å². The van der Waals surface area contributed by atoms with Gasteiger partial charge in [-0.25, -0.2) is 9.97 Å². The normalized spacial score (nSPS) is 14.4. The predicted molar refractivity (Wildman–Crippen MR) is 111 cm³/mol. The Hall–Kier alpha value is -3.42. The van der Waals surface area contributed by atoms with Crippen LogP contribution in [0.3, 0.4) is 0 Å². The average molecular weight is 392 g/mol. The van der Waals surface area contributed by atoms with Gasteiger partial charge in [-0.1, -0.05) is 6.07 Å². The van der Waals surface area contributed by atoms with E-state index in [-0.39, 0.29) is 12.5 Å². The largest absolute Gasteiger partial charge is 0.497 e. The number of carbonyl (C=O) groups excluding carboxylic acids is 1. The second-order valence-electron chi connectivity index (χ2n) is 7.08. The Morgan fingerprint density at radius 3 is 2.66 bits per heavy atom. The topological polar surface area (TPSA) is 76.4 Å². The van der Waals surface area contributed by atoms with E-state index >= 15 is 0 Å². The van der Waals surface area contributed by atoms with E-state index in [1.54, 1.807) is 18.2 Å². The first-order valence-corrected chi connectivity index (χ1v) is 9.51. The third-order valence-electron chi connectivity index (χ3n) is 5.28. The quantitative estimate of drug-likeness (QED) is 0.678. The summed E-state index contributed by atoms with van der Waals surface area (Å²) >= 11 is 0. The van der Waals surface area contributed by atoms with Crippen molar-refractivity contribution >= 4 is 17.5 Å². The van der Waals surface area contributed by atoms with Gasteiger partial charge in [0.2, 0.25) is 11.9 Å². The van der Waals surface area contributed by atoms with Crippen LogP contribution in [0.4, 0.5) is 11.6 Å². The van der Waals surface area contributed by atoms with Crippen LogP contribution in [-0.4, -0.2) is 52.4 Å². The van der Waals surface area contributed by atoms with E-state index in [9.17, 15) is 4.79 Å². The number of ether oxygens (including phenoxy) is 1. The van der Waals surface area contributed by atoms with Crippen LogP contribution in [-0.2, 0) is 11.8 Å². The highest BCUT2D eigenvalue weighted by molar-refractivity contribution is 5.97. The Bertz CT molecular complexity index is 1060. The van der Waals surface area contributed by atoms with Gasteiger partial charge in [0.15, 0.2) is 0 Å². The van der Waals surface area contributed by atoms with Gasteiger partial charge in [0, 0.05) is 49.3 Å². The van der Waals surface area contributed by atoms with Crippen molar-refractivity contribution in [2.45, 2.75) is 13.8 Å². The van der Waals surface area contributed by atoms with Gasteiger partial charge < -0.3 is 14.5 Å². The van der Waals surface area contributed by atoms with Crippen molar-refractivity contribution < 1.29 is 9.53 Å². The zero-order chi connectivity index (χ0) is 20.5. The van der Waals surface area contributed by atoms with Crippen molar-refractivity contribution in [1.29, 1.82) is 0 Å². The molecule has 0 aliphatic carbocycles. The summed E-state index contributed by atoms with van der Waals surface area (Å²) in [7, 11) is 3.54. The maximum absolute atomic E-state index is 12.8. The lowest BCUT2D eigenvalue weighted by atomic mass is 10.1. The maximum Gasteiger partial charge on any atom is 0.246 e. The van der Waals surface area contributed by atoms with E-state index in [1.807, 2.05) is 60.8 Å². The lowest BCUT2D eigenvalue weighted by Crippen LogP contribution is -2.51. The molecule has 0 radical (unpaired) electrons. The third kappa shape index (κ3) is 3.53. The van der Waals surface area contributed by atoms with E-state index in [0.29, 0.717) is 19.0 Å². The zero-order valence-corrected chi connectivity index (χ0v) is 17.1. The van der Waals surface area contributed by atoms with Gasteiger partial charge in [-0.3, -0.25) is 9.48 Å². The average Bonchev–Trinajstić information content (AvgIpc) is 2.99. The molecule has 8 heteroatoms. The Kier molecular flexibility index (Phi) is 4.92. The minimum atomic E-state index is 0.00671. The summed E-state index contributed by atoms with van der Waals surface area (Å²) in [6.45, 7) is 5.43. The minimum Gasteiger partial charge on any atom is -0.497 e. The number of hydrogen-bond donors (Lipinski definition) is 0. The number of rotatable bonds is 4. The number of amides is 1. The lowest BCUT2D eigenvalue weighted by molar-refractivity contribution is -0.117. The molecule has 1 saturated heterocycles. The van der Waals surface area contributed by atoms with Crippen LogP contribution in [0.1, 0.15) is 11.4 Å². The van der Waals surface area contributed by atoms with Crippen molar-refractivity contribution in [3.8, 4) is 17.0 Å². The number of anilines is 2. The van der Waals surface area contributed by atoms with Gasteiger partial charge in [-0.15, -0.1) is 0 Å². The van der Waals surface area contributed by atoms with E-state index in [2.05, 4.69) is 10.1 Å². The number of aryl methyl sites for hydroxylation is 2. The Morgan fingerprint density at radius 1 is 1.14 bits per heavy atom. The summed E-state index contributed by atoms with van der Waals surface area (Å²) in [6.07, 6.45) is 1.74. The molecular formula is C21H24N6O2. The molecule has 0 N–H and O–H groups in total. The summed E-state index contributed by atoms with van der Waals surface area (Å²) in [5.41, 5.74) is 4.64. The van der Waals surface area contributed by atoms with Gasteiger partial charge >= 0.3 is 0 Å². The van der Waals surface area contributed by atoms with Gasteiger partial charge in [0.25, 0.3) is 0 Å². The van der Waals surface area contributed by atoms with E-state index in [1.165, 1.54) is 0 Å². The highest BCUT2D eigenvalue weighted by atomic mass is 16.5. The molecule has 150 valence electrons. The van der Waals surface area contributed by atoms with Gasteiger partial charge in [-0.05, 0) is 32.0 Å². The number of methoxy groups -OCH3 is 1. The number of nitrogens with zero attached hydrogens (tertiary/aromatic N) is 6. The molecule has 1 aromatic carbocycles. The third-order valence-corrected chi connectivity index (χ3v) is 5.28. The molecule has 2 aromatic heterocycles. The van der Waals surface area contributed by atoms with Crippen LogP contribution in [0.5, 0.6) is 5.75 Å². The number of benzene rings is 1. The molecule has 29 heavy (non-hydrogen) atoms. The van der Waals surface area contributed by atoms with E-state index in [0.717, 1.165) is 34.1 Å². The smallest absolute Gasteiger partial charge is 0.246 e. The first-order valence-electron chi connectivity index (χ1n) is 9.51. The number of piperazine rings is 1. The Morgan fingerprint density at radius 2 is 1.97 bits per heavy atom. The molecule has 0 atom stereocenters. The molecule has 1 amide bonds. The minimum absolute atomic E-state index is 0.00671. The van der Waals surface area contributed by atoms with Crippen molar-refractivity contribution in [2.75, 3.05) is 36.5 Å². The molecule has 0 spiro atoms.